The summed E-state index contributed by atoms with van der Waals surface area (Å²) in [6.07, 6.45) is 8.36. The Morgan fingerprint density at radius 3 is 2.85 bits per heavy atom. The third-order valence-corrected chi connectivity index (χ3v) is 8.61. The molecule has 3 aliphatic heterocycles. The number of H-pyrrole nitrogens is 1. The predicted octanol–water partition coefficient (Wildman–Crippen LogP) is 3.27. The summed E-state index contributed by atoms with van der Waals surface area (Å²) in [5, 5.41) is 12.7. The minimum atomic E-state index is -1.01. The maximum Gasteiger partial charge on any atom is 0.240 e. The van der Waals surface area contributed by atoms with Crippen molar-refractivity contribution in [3.63, 3.8) is 0 Å². The van der Waals surface area contributed by atoms with Gasteiger partial charge in [-0.3, -0.25) is 9.69 Å². The maximum absolute atomic E-state index is 12.9. The number of pyridine rings is 1. The number of halogens is 1. The molecular weight excluding hydrogens is 474 g/mol. The second kappa shape index (κ2) is 8.42. The van der Waals surface area contributed by atoms with Gasteiger partial charge in [0, 0.05) is 42.1 Å². The third-order valence-electron chi connectivity index (χ3n) is 7.12. The van der Waals surface area contributed by atoms with E-state index in [1.807, 2.05) is 11.9 Å². The third kappa shape index (κ3) is 3.67. The van der Waals surface area contributed by atoms with Crippen molar-refractivity contribution in [1.29, 1.82) is 0 Å². The molecule has 6 heterocycles. The highest BCUT2D eigenvalue weighted by Gasteiger charge is 2.41. The molecule has 0 aromatic carbocycles. The molecule has 1 unspecified atom stereocenters. The Bertz CT molecular complexity index is 1300. The number of aliphatic hydroxyl groups is 1. The van der Waals surface area contributed by atoms with Gasteiger partial charge in [-0.25, -0.2) is 9.97 Å². The van der Waals surface area contributed by atoms with Gasteiger partial charge >= 0.3 is 0 Å². The number of ether oxygens (including phenoxy) is 1. The summed E-state index contributed by atoms with van der Waals surface area (Å²) in [5.74, 6) is 0.238. The second-order valence-corrected chi connectivity index (χ2v) is 10.8. The number of thiazole rings is 1. The van der Waals surface area contributed by atoms with Gasteiger partial charge in [0.15, 0.2) is 5.60 Å². The zero-order chi connectivity index (χ0) is 23.4. The van der Waals surface area contributed by atoms with Crippen LogP contribution in [0.25, 0.3) is 27.0 Å². The van der Waals surface area contributed by atoms with Gasteiger partial charge in [0.05, 0.1) is 29.2 Å². The van der Waals surface area contributed by atoms with Crippen LogP contribution in [0.15, 0.2) is 24.5 Å². The van der Waals surface area contributed by atoms with Crippen LogP contribution in [-0.2, 0) is 15.1 Å². The first kappa shape index (κ1) is 22.2. The monoisotopic (exact) mass is 499 g/mol. The minimum Gasteiger partial charge on any atom is -0.378 e. The van der Waals surface area contributed by atoms with Gasteiger partial charge in [-0.15, -0.1) is 11.3 Å². The van der Waals surface area contributed by atoms with Crippen molar-refractivity contribution in [3.05, 3.63) is 40.3 Å². The number of rotatable bonds is 4. The number of aromatic nitrogens is 3. The Morgan fingerprint density at radius 1 is 1.32 bits per heavy atom. The second-order valence-electron chi connectivity index (χ2n) is 9.38. The van der Waals surface area contributed by atoms with E-state index in [0.29, 0.717) is 23.1 Å². The summed E-state index contributed by atoms with van der Waals surface area (Å²) in [6, 6.07) is 2.10. The Kier molecular flexibility index (Phi) is 5.50. The van der Waals surface area contributed by atoms with Crippen molar-refractivity contribution in [2.45, 2.75) is 30.9 Å². The quantitative estimate of drug-likeness (QED) is 0.572. The fraction of sp³-hybridized carbons (Fsp3) is 0.458. The van der Waals surface area contributed by atoms with Crippen molar-refractivity contribution >= 4 is 45.5 Å². The zero-order valence-electron chi connectivity index (χ0n) is 18.9. The Balaban J connectivity index is 1.27. The number of amides is 1. The first-order chi connectivity index (χ1) is 16.4. The number of likely N-dealkylation sites (N-methyl/N-ethyl adjacent to an activating group) is 1. The molecule has 8 nitrogen and oxygen atoms in total. The Hall–Kier alpha value is -2.30. The van der Waals surface area contributed by atoms with Crippen LogP contribution in [0.2, 0.25) is 5.02 Å². The number of hydrogen-bond donors (Lipinski definition) is 2. The molecule has 178 valence electrons. The number of nitrogens with one attached hydrogen (secondary N) is 1. The number of aromatic amines is 1. The van der Waals surface area contributed by atoms with Crippen molar-refractivity contribution in [3.8, 4) is 10.4 Å². The van der Waals surface area contributed by atoms with Gasteiger partial charge in [-0.05, 0) is 44.5 Å². The molecule has 0 bridgehead atoms. The molecule has 1 amide bonds. The lowest BCUT2D eigenvalue weighted by Gasteiger charge is -2.34. The molecule has 3 aromatic heterocycles. The average Bonchev–Trinajstić information content (AvgIpc) is 3.57. The SMILES string of the molecule is CN1CCCC1C(=O)N1CC=C(c2cc3c(-c4cnc(C5(O)COC5)s4)c(Cl)cnc3[nH]2)CC1. The number of nitrogens with zero attached hydrogens (tertiary/aromatic N) is 4. The first-order valence-corrected chi connectivity index (χ1v) is 12.7. The first-order valence-electron chi connectivity index (χ1n) is 11.6. The van der Waals surface area contributed by atoms with Crippen LogP contribution in [0.5, 0.6) is 0 Å². The molecule has 34 heavy (non-hydrogen) atoms. The lowest BCUT2D eigenvalue weighted by molar-refractivity contribution is -0.184. The van der Waals surface area contributed by atoms with Gasteiger partial charge in [-0.2, -0.15) is 0 Å². The van der Waals surface area contributed by atoms with Gasteiger partial charge in [0.2, 0.25) is 5.91 Å². The van der Waals surface area contributed by atoms with Crippen molar-refractivity contribution < 1.29 is 14.6 Å². The predicted molar refractivity (Wildman–Crippen MR) is 132 cm³/mol. The zero-order valence-corrected chi connectivity index (χ0v) is 20.5. The van der Waals surface area contributed by atoms with E-state index in [9.17, 15) is 9.90 Å². The van der Waals surface area contributed by atoms with Gasteiger partial charge in [0.25, 0.3) is 0 Å². The Labute approximate surface area is 206 Å². The van der Waals surface area contributed by atoms with E-state index in [1.54, 1.807) is 12.4 Å². The van der Waals surface area contributed by atoms with Gasteiger partial charge in [0.1, 0.15) is 10.7 Å². The molecule has 3 aliphatic rings. The fourth-order valence-electron chi connectivity index (χ4n) is 5.04. The van der Waals surface area contributed by atoms with Crippen LogP contribution < -0.4 is 0 Å². The molecule has 2 N–H and O–H groups in total. The maximum atomic E-state index is 12.9. The van der Waals surface area contributed by atoms with Crippen LogP contribution in [0.4, 0.5) is 0 Å². The summed E-state index contributed by atoms with van der Waals surface area (Å²) in [4.78, 5) is 30.3. The summed E-state index contributed by atoms with van der Waals surface area (Å²) in [7, 11) is 2.04. The van der Waals surface area contributed by atoms with Crippen LogP contribution in [0.3, 0.4) is 0 Å². The molecule has 0 saturated carbocycles. The fourth-order valence-corrected chi connectivity index (χ4v) is 6.40. The molecule has 0 aliphatic carbocycles. The summed E-state index contributed by atoms with van der Waals surface area (Å²) in [6.45, 7) is 2.85. The van der Waals surface area contributed by atoms with E-state index in [1.165, 1.54) is 16.9 Å². The van der Waals surface area contributed by atoms with Crippen LogP contribution in [0.1, 0.15) is 30.0 Å². The van der Waals surface area contributed by atoms with Crippen molar-refractivity contribution in [2.75, 3.05) is 39.9 Å². The van der Waals surface area contributed by atoms with E-state index >= 15 is 0 Å². The van der Waals surface area contributed by atoms with E-state index in [0.717, 1.165) is 53.0 Å². The number of carbonyl (C=O) groups is 1. The highest BCUT2D eigenvalue weighted by Crippen LogP contribution is 2.41. The summed E-state index contributed by atoms with van der Waals surface area (Å²) >= 11 is 8.01. The van der Waals surface area contributed by atoms with Crippen molar-refractivity contribution in [2.24, 2.45) is 0 Å². The summed E-state index contributed by atoms with van der Waals surface area (Å²) < 4.78 is 5.17. The topological polar surface area (TPSA) is 94.6 Å². The number of hydrogen-bond acceptors (Lipinski definition) is 7. The van der Waals surface area contributed by atoms with Crippen LogP contribution in [-0.4, -0.2) is 81.7 Å². The summed E-state index contributed by atoms with van der Waals surface area (Å²) in [5.41, 5.74) is 2.77. The molecule has 2 saturated heterocycles. The highest BCUT2D eigenvalue weighted by molar-refractivity contribution is 7.15. The van der Waals surface area contributed by atoms with Gasteiger partial charge in [-0.1, -0.05) is 17.7 Å². The molecule has 0 spiro atoms. The van der Waals surface area contributed by atoms with E-state index in [2.05, 4.69) is 32.0 Å². The number of carbonyl (C=O) groups excluding carboxylic acids is 1. The largest absolute Gasteiger partial charge is 0.378 e. The number of likely N-dealkylation sites (tertiary alicyclic amines) is 1. The smallest absolute Gasteiger partial charge is 0.240 e. The van der Waals surface area contributed by atoms with Gasteiger partial charge < -0.3 is 19.7 Å². The van der Waals surface area contributed by atoms with E-state index in [4.69, 9.17) is 16.3 Å². The molecule has 6 rings (SSSR count). The van der Waals surface area contributed by atoms with E-state index in [-0.39, 0.29) is 25.2 Å². The molecule has 1 atom stereocenters. The standard InChI is InChI=1S/C24H26ClN5O3S/c1-29-6-2-3-18(29)22(31)30-7-4-14(5-8-30)17-9-15-20(16(25)10-26-21(15)28-17)19-11-27-23(34-19)24(32)12-33-13-24/h4,9-11,18,32H,2-3,5-8,12-13H2,1H3,(H,26,28). The normalized spacial score (nSPS) is 22.7. The highest BCUT2D eigenvalue weighted by atomic mass is 35.5. The van der Waals surface area contributed by atoms with Crippen LogP contribution in [0, 0.1) is 0 Å². The van der Waals surface area contributed by atoms with Crippen LogP contribution >= 0.6 is 22.9 Å². The molecular formula is C24H26ClN5O3S. The van der Waals surface area contributed by atoms with E-state index < -0.39 is 5.60 Å². The average molecular weight is 500 g/mol. The lowest BCUT2D eigenvalue weighted by atomic mass is 10.0. The number of fused-ring (bicyclic) bond motifs is 1. The molecule has 3 aromatic rings. The Morgan fingerprint density at radius 2 is 2.18 bits per heavy atom. The van der Waals surface area contributed by atoms with Crippen molar-refractivity contribution in [1.82, 2.24) is 24.8 Å². The molecule has 2 fully saturated rings. The lowest BCUT2D eigenvalue weighted by Crippen LogP contribution is -2.46. The molecule has 0 radical (unpaired) electrons. The minimum absolute atomic E-state index is 0.0192. The molecule has 10 heteroatoms.